The lowest BCUT2D eigenvalue weighted by molar-refractivity contribution is 0.466. The zero-order chi connectivity index (χ0) is 55.2. The number of aromatic hydroxyl groups is 2. The Morgan fingerprint density at radius 3 is 0.868 bits per heavy atom. The fourth-order valence-corrected chi connectivity index (χ4v) is 14.5. The molecule has 0 unspecified atom stereocenters. The van der Waals surface area contributed by atoms with E-state index in [1.807, 2.05) is 23.5 Å². The van der Waals surface area contributed by atoms with Gasteiger partial charge in [-0.3, -0.25) is 0 Å². The molecule has 2 aromatic heterocycles. The molecule has 6 heteroatoms. The van der Waals surface area contributed by atoms with Crippen molar-refractivity contribution in [1.82, 2.24) is 9.13 Å². The molecule has 404 valence electrons. The average molecular weight is 1060 g/mol. The lowest BCUT2D eigenvalue weighted by Crippen LogP contribution is -2.22. The van der Waals surface area contributed by atoms with Crippen LogP contribution < -0.4 is 0 Å². The first kappa shape index (κ1) is 56.0. The van der Waals surface area contributed by atoms with E-state index in [9.17, 15) is 10.2 Å². The Balaban J connectivity index is 1.09. The zero-order valence-electron chi connectivity index (χ0n) is 49.7. The predicted molar refractivity (Wildman–Crippen MR) is 335 cm³/mol. The molecule has 2 heterocycles. The van der Waals surface area contributed by atoms with E-state index in [1.165, 1.54) is 80.6 Å². The molecule has 1 saturated carbocycles. The first-order valence-electron chi connectivity index (χ1n) is 28.5. The van der Waals surface area contributed by atoms with Crippen molar-refractivity contribution in [3.63, 3.8) is 0 Å². The molecule has 0 aliphatic heterocycles. The minimum atomic E-state index is -0.134. The summed E-state index contributed by atoms with van der Waals surface area (Å²) in [5.74, 6) is 2.20. The lowest BCUT2D eigenvalue weighted by Gasteiger charge is -2.30. The molecule has 6 aromatic carbocycles. The van der Waals surface area contributed by atoms with Crippen LogP contribution in [0.1, 0.15) is 208 Å². The lowest BCUT2D eigenvalue weighted by atomic mass is 9.85. The van der Waals surface area contributed by atoms with Gasteiger partial charge in [0, 0.05) is 54.7 Å². The van der Waals surface area contributed by atoms with Crippen LogP contribution in [0.25, 0.3) is 55.0 Å². The first-order chi connectivity index (χ1) is 35.3. The van der Waals surface area contributed by atoms with E-state index in [4.69, 9.17) is 0 Å². The zero-order valence-corrected chi connectivity index (χ0v) is 51.3. The van der Waals surface area contributed by atoms with Crippen LogP contribution in [0.15, 0.2) is 97.1 Å². The SMILES string of the molecule is CC(C)(C)c1cc(CS[C@H]2CCCCCC[C@@H]2SCc2cc(C(C)(C)C)cc(-n3c4ccc(C(C)(C)C)cc4c4cc(C(C)(C)C)ccc43)c2O)c(O)c(-n2c3ccc(C(C)(C)C)cc3c3cc(C(C)(C)C)ccc32)c1. The number of hydrogen-bond donors (Lipinski definition) is 2. The highest BCUT2D eigenvalue weighted by Crippen LogP contribution is 2.47. The maximum Gasteiger partial charge on any atom is 0.143 e. The summed E-state index contributed by atoms with van der Waals surface area (Å²) in [7, 11) is 0. The topological polar surface area (TPSA) is 50.3 Å². The number of fused-ring (bicyclic) bond motifs is 6. The van der Waals surface area contributed by atoms with E-state index >= 15 is 0 Å². The summed E-state index contributed by atoms with van der Waals surface area (Å²) in [5.41, 5.74) is 15.6. The molecule has 2 atom stereocenters. The number of hydrogen-bond acceptors (Lipinski definition) is 4. The molecule has 8 aromatic rings. The highest BCUT2D eigenvalue weighted by molar-refractivity contribution is 8.03. The van der Waals surface area contributed by atoms with E-state index in [0.29, 0.717) is 22.0 Å². The Kier molecular flexibility index (Phi) is 14.8. The summed E-state index contributed by atoms with van der Waals surface area (Å²) in [6.07, 6.45) is 7.22. The molecule has 0 spiro atoms. The molecular formula is C70H90N2O2S2. The van der Waals surface area contributed by atoms with Gasteiger partial charge in [0.15, 0.2) is 0 Å². The van der Waals surface area contributed by atoms with Crippen LogP contribution in [-0.2, 0) is 44.0 Å². The van der Waals surface area contributed by atoms with Crippen LogP contribution in [0.3, 0.4) is 0 Å². The Bertz CT molecular complexity index is 3100. The smallest absolute Gasteiger partial charge is 0.143 e. The van der Waals surface area contributed by atoms with E-state index in [-0.39, 0.29) is 32.5 Å². The van der Waals surface area contributed by atoms with Crippen molar-refractivity contribution in [2.45, 2.75) is 218 Å². The second kappa shape index (κ2) is 20.1. The first-order valence-corrected chi connectivity index (χ1v) is 30.6. The number of thioether (sulfide) groups is 2. The van der Waals surface area contributed by atoms with Gasteiger partial charge in [-0.25, -0.2) is 0 Å². The van der Waals surface area contributed by atoms with E-state index < -0.39 is 0 Å². The van der Waals surface area contributed by atoms with Gasteiger partial charge in [0.25, 0.3) is 0 Å². The molecule has 1 fully saturated rings. The number of phenolic OH excluding ortho intramolecular Hbond substituents is 2. The molecule has 2 N–H and O–H groups in total. The molecule has 0 amide bonds. The number of aromatic nitrogens is 2. The highest BCUT2D eigenvalue weighted by atomic mass is 32.2. The number of phenols is 2. The Hall–Kier alpha value is -4.78. The van der Waals surface area contributed by atoms with E-state index in [2.05, 4.69) is 231 Å². The van der Waals surface area contributed by atoms with Gasteiger partial charge in [-0.2, -0.15) is 23.5 Å². The molecule has 1 aliphatic rings. The van der Waals surface area contributed by atoms with Gasteiger partial charge in [0.1, 0.15) is 11.5 Å². The third kappa shape index (κ3) is 11.1. The van der Waals surface area contributed by atoms with Gasteiger partial charge < -0.3 is 19.3 Å². The summed E-state index contributed by atoms with van der Waals surface area (Å²) in [6, 6.07) is 36.9. The van der Waals surface area contributed by atoms with Crippen molar-refractivity contribution in [3.05, 3.63) is 142 Å². The van der Waals surface area contributed by atoms with Gasteiger partial charge in [0.05, 0.1) is 33.4 Å². The predicted octanol–water partition coefficient (Wildman–Crippen LogP) is 20.3. The molecule has 9 rings (SSSR count). The number of nitrogens with zero attached hydrogens (tertiary/aromatic N) is 2. The van der Waals surface area contributed by atoms with Crippen LogP contribution >= 0.6 is 23.5 Å². The summed E-state index contributed by atoms with van der Waals surface area (Å²) in [5, 5.41) is 31.2. The number of rotatable bonds is 8. The fraction of sp³-hybridized carbons (Fsp3) is 0.486. The standard InChI is InChI=1S/C70H90N2O2S2/c1-65(2,3)45-25-29-55-51(35-45)52-36-46(66(4,5)6)26-30-56(52)71(55)59-39-49(69(13,14)15)33-43(63(59)73)41-75-61-23-21-19-20-22-24-62(61)76-42-44-34-50(70(16,17)18)40-60(64(44)74)72-57-31-27-47(67(7,8)9)37-53(57)54-38-48(68(10,11)12)28-32-58(54)72/h25-40,61-62,73-74H,19-24,41-42H2,1-18H3/t61-,62-/m0/s1. The molecule has 0 bridgehead atoms. The van der Waals surface area contributed by atoms with Crippen LogP contribution in [0.4, 0.5) is 0 Å². The normalized spacial score (nSPS) is 16.8. The summed E-state index contributed by atoms with van der Waals surface area (Å²) in [4.78, 5) is 0. The third-order valence-electron chi connectivity index (χ3n) is 16.6. The van der Waals surface area contributed by atoms with Crippen molar-refractivity contribution in [2.75, 3.05) is 0 Å². The Morgan fingerprint density at radius 2 is 0.618 bits per heavy atom. The maximum atomic E-state index is 12.8. The van der Waals surface area contributed by atoms with Gasteiger partial charge in [-0.15, -0.1) is 0 Å². The molecule has 1 aliphatic carbocycles. The third-order valence-corrected chi connectivity index (χ3v) is 19.7. The van der Waals surface area contributed by atoms with E-state index in [0.717, 1.165) is 68.9 Å². The van der Waals surface area contributed by atoms with Crippen molar-refractivity contribution in [1.29, 1.82) is 0 Å². The monoisotopic (exact) mass is 1050 g/mol. The summed E-state index contributed by atoms with van der Waals surface area (Å²) >= 11 is 4.07. The summed E-state index contributed by atoms with van der Waals surface area (Å²) < 4.78 is 4.68. The molecule has 76 heavy (non-hydrogen) atoms. The average Bonchev–Trinajstić information content (AvgIpc) is 3.81. The second-order valence-electron chi connectivity index (χ2n) is 28.8. The van der Waals surface area contributed by atoms with E-state index in [1.54, 1.807) is 0 Å². The maximum absolute atomic E-state index is 12.8. The Labute approximate surface area is 465 Å². The van der Waals surface area contributed by atoms with Crippen molar-refractivity contribution in [2.24, 2.45) is 0 Å². The van der Waals surface area contributed by atoms with Gasteiger partial charge >= 0.3 is 0 Å². The highest BCUT2D eigenvalue weighted by Gasteiger charge is 2.30. The molecule has 4 nitrogen and oxygen atoms in total. The van der Waals surface area contributed by atoms with Crippen LogP contribution in [0.5, 0.6) is 11.5 Å². The van der Waals surface area contributed by atoms with Crippen LogP contribution in [0, 0.1) is 0 Å². The minimum absolute atomic E-state index is 0.00262. The van der Waals surface area contributed by atoms with Gasteiger partial charge in [-0.1, -0.05) is 187 Å². The van der Waals surface area contributed by atoms with Gasteiger partial charge in [-0.05, 0) is 139 Å². The minimum Gasteiger partial charge on any atom is -0.505 e. The molecule has 0 radical (unpaired) electrons. The quantitative estimate of drug-likeness (QED) is 0.159. The second-order valence-corrected chi connectivity index (χ2v) is 31.3. The Morgan fingerprint density at radius 1 is 0.355 bits per heavy atom. The number of benzene rings is 6. The van der Waals surface area contributed by atoms with Crippen molar-refractivity contribution >= 4 is 67.1 Å². The summed E-state index contributed by atoms with van der Waals surface area (Å²) in [6.45, 7) is 41.2. The van der Waals surface area contributed by atoms with Crippen LogP contribution in [0.2, 0.25) is 0 Å². The largest absolute Gasteiger partial charge is 0.505 e. The van der Waals surface area contributed by atoms with Crippen LogP contribution in [-0.4, -0.2) is 29.8 Å². The van der Waals surface area contributed by atoms with Gasteiger partial charge in [0.2, 0.25) is 0 Å². The molecular weight excluding hydrogens is 965 g/mol. The van der Waals surface area contributed by atoms with Crippen molar-refractivity contribution < 1.29 is 10.2 Å². The fourth-order valence-electron chi connectivity index (χ4n) is 11.4. The van der Waals surface area contributed by atoms with Crippen molar-refractivity contribution in [3.8, 4) is 22.9 Å². The molecule has 0 saturated heterocycles.